The van der Waals surface area contributed by atoms with Crippen molar-refractivity contribution in [2.75, 3.05) is 0 Å². The first-order valence-electron chi connectivity index (χ1n) is 5.07. The number of nitrogens with one attached hydrogen (secondary N) is 1. The van der Waals surface area contributed by atoms with Gasteiger partial charge < -0.3 is 5.32 Å². The Balaban J connectivity index is 2.69. The van der Waals surface area contributed by atoms with Gasteiger partial charge in [-0.05, 0) is 26.2 Å². The van der Waals surface area contributed by atoms with E-state index in [1.807, 2.05) is 27.7 Å². The van der Waals surface area contributed by atoms with Crippen molar-refractivity contribution >= 4 is 11.9 Å². The van der Waals surface area contributed by atoms with Gasteiger partial charge in [0.05, 0.1) is 0 Å². The van der Waals surface area contributed by atoms with Crippen LogP contribution in [-0.4, -0.2) is 28.9 Å². The molecule has 1 rings (SSSR count). The third-order valence-electron chi connectivity index (χ3n) is 2.28. The van der Waals surface area contributed by atoms with E-state index in [0.717, 1.165) is 0 Å². The Labute approximate surface area is 84.7 Å². The number of nitrogens with zero attached hydrogens (tertiary/aromatic N) is 1. The van der Waals surface area contributed by atoms with Gasteiger partial charge in [0.15, 0.2) is 0 Å². The zero-order valence-corrected chi connectivity index (χ0v) is 9.20. The van der Waals surface area contributed by atoms with E-state index in [0.29, 0.717) is 12.3 Å². The molecule has 0 aromatic carbocycles. The van der Waals surface area contributed by atoms with Crippen molar-refractivity contribution in [3.8, 4) is 0 Å². The van der Waals surface area contributed by atoms with Gasteiger partial charge in [-0.3, -0.25) is 9.69 Å². The molecule has 14 heavy (non-hydrogen) atoms. The third kappa shape index (κ3) is 2.05. The van der Waals surface area contributed by atoms with Gasteiger partial charge in [0.25, 0.3) is 5.91 Å². The summed E-state index contributed by atoms with van der Waals surface area (Å²) in [5.74, 6) is 0.329. The van der Waals surface area contributed by atoms with Crippen LogP contribution in [0.2, 0.25) is 0 Å². The zero-order chi connectivity index (χ0) is 10.9. The Kier molecular flexibility index (Phi) is 3.13. The Morgan fingerprint density at radius 1 is 1.29 bits per heavy atom. The first-order valence-corrected chi connectivity index (χ1v) is 5.07. The van der Waals surface area contributed by atoms with E-state index < -0.39 is 0 Å². The highest BCUT2D eigenvalue weighted by atomic mass is 16.2. The molecule has 0 bridgehead atoms. The number of imide groups is 1. The van der Waals surface area contributed by atoms with E-state index in [9.17, 15) is 9.59 Å². The molecule has 1 N–H and O–H groups in total. The molecule has 1 heterocycles. The number of urea groups is 1. The molecule has 0 unspecified atom stereocenters. The minimum atomic E-state index is -0.315. The standard InChI is InChI=1S/C10H18N2O2/c1-6(2)5-8-9(13)12(7(3)4)10(14)11-8/h6-8H,5H2,1-4H3,(H,11,14)/t8-/m0/s1. The van der Waals surface area contributed by atoms with Gasteiger partial charge in [0.2, 0.25) is 0 Å². The molecule has 1 saturated heterocycles. The summed E-state index contributed by atoms with van der Waals surface area (Å²) in [4.78, 5) is 24.4. The van der Waals surface area contributed by atoms with E-state index in [1.54, 1.807) is 0 Å². The van der Waals surface area contributed by atoms with E-state index in [-0.39, 0.29) is 24.0 Å². The summed E-state index contributed by atoms with van der Waals surface area (Å²) in [6.07, 6.45) is 0.716. The van der Waals surface area contributed by atoms with Crippen molar-refractivity contribution < 1.29 is 9.59 Å². The van der Waals surface area contributed by atoms with Crippen molar-refractivity contribution in [3.05, 3.63) is 0 Å². The van der Waals surface area contributed by atoms with Crippen LogP contribution < -0.4 is 5.32 Å². The summed E-state index contributed by atoms with van der Waals surface area (Å²) in [6.45, 7) is 7.76. The lowest BCUT2D eigenvalue weighted by Gasteiger charge is -2.17. The molecule has 4 nitrogen and oxygen atoms in total. The maximum absolute atomic E-state index is 11.7. The molecule has 0 spiro atoms. The molecule has 0 aliphatic carbocycles. The number of carbonyl (C=O) groups is 2. The van der Waals surface area contributed by atoms with Crippen LogP contribution in [0.1, 0.15) is 34.1 Å². The van der Waals surface area contributed by atoms with Crippen LogP contribution in [0.25, 0.3) is 0 Å². The van der Waals surface area contributed by atoms with Crippen molar-refractivity contribution in [1.82, 2.24) is 10.2 Å². The number of carbonyl (C=O) groups excluding carboxylic acids is 2. The Morgan fingerprint density at radius 2 is 1.86 bits per heavy atom. The highest BCUT2D eigenvalue weighted by Gasteiger charge is 2.39. The summed E-state index contributed by atoms with van der Waals surface area (Å²) >= 11 is 0. The zero-order valence-electron chi connectivity index (χ0n) is 9.20. The molecular formula is C10H18N2O2. The number of rotatable bonds is 3. The molecule has 1 aliphatic rings. The summed E-state index contributed by atoms with van der Waals surface area (Å²) in [5.41, 5.74) is 0. The maximum Gasteiger partial charge on any atom is 0.325 e. The second kappa shape index (κ2) is 3.98. The minimum Gasteiger partial charge on any atom is -0.326 e. The Bertz CT molecular complexity index is 249. The van der Waals surface area contributed by atoms with Crippen LogP contribution >= 0.6 is 0 Å². The van der Waals surface area contributed by atoms with Crippen molar-refractivity contribution in [2.24, 2.45) is 5.92 Å². The quantitative estimate of drug-likeness (QED) is 0.696. The highest BCUT2D eigenvalue weighted by Crippen LogP contribution is 2.16. The maximum atomic E-state index is 11.7. The predicted molar refractivity (Wildman–Crippen MR) is 53.8 cm³/mol. The summed E-state index contributed by atoms with van der Waals surface area (Å²) in [7, 11) is 0. The largest absolute Gasteiger partial charge is 0.326 e. The average molecular weight is 198 g/mol. The van der Waals surface area contributed by atoms with Gasteiger partial charge in [0.1, 0.15) is 6.04 Å². The monoisotopic (exact) mass is 198 g/mol. The van der Waals surface area contributed by atoms with Crippen molar-refractivity contribution in [2.45, 2.75) is 46.2 Å². The smallest absolute Gasteiger partial charge is 0.325 e. The van der Waals surface area contributed by atoms with Crippen LogP contribution in [0.5, 0.6) is 0 Å². The predicted octanol–water partition coefficient (Wildman–Crippen LogP) is 1.36. The topological polar surface area (TPSA) is 49.4 Å². The van der Waals surface area contributed by atoms with E-state index in [2.05, 4.69) is 5.32 Å². The second-order valence-electron chi connectivity index (χ2n) is 4.43. The molecule has 0 saturated carbocycles. The van der Waals surface area contributed by atoms with Gasteiger partial charge in [-0.25, -0.2) is 4.79 Å². The van der Waals surface area contributed by atoms with Crippen LogP contribution in [0.3, 0.4) is 0 Å². The fourth-order valence-electron chi connectivity index (χ4n) is 1.67. The van der Waals surface area contributed by atoms with E-state index in [4.69, 9.17) is 0 Å². The summed E-state index contributed by atoms with van der Waals surface area (Å²) in [6, 6.07) is -0.625. The third-order valence-corrected chi connectivity index (χ3v) is 2.28. The van der Waals surface area contributed by atoms with Crippen molar-refractivity contribution in [1.29, 1.82) is 0 Å². The summed E-state index contributed by atoms with van der Waals surface area (Å²) in [5, 5.41) is 2.70. The normalized spacial score (nSPS) is 22.4. The molecule has 0 radical (unpaired) electrons. The molecule has 1 atom stereocenters. The van der Waals surface area contributed by atoms with E-state index >= 15 is 0 Å². The first kappa shape index (κ1) is 11.0. The van der Waals surface area contributed by atoms with Gasteiger partial charge in [0, 0.05) is 6.04 Å². The highest BCUT2D eigenvalue weighted by molar-refractivity contribution is 6.04. The molecule has 0 aromatic heterocycles. The molecule has 1 aliphatic heterocycles. The average Bonchev–Trinajstić information content (AvgIpc) is 2.25. The minimum absolute atomic E-state index is 0.0559. The van der Waals surface area contributed by atoms with Gasteiger partial charge >= 0.3 is 6.03 Å². The lowest BCUT2D eigenvalue weighted by Crippen LogP contribution is -2.37. The molecular weight excluding hydrogens is 180 g/mol. The fraction of sp³-hybridized carbons (Fsp3) is 0.800. The fourth-order valence-corrected chi connectivity index (χ4v) is 1.67. The van der Waals surface area contributed by atoms with Gasteiger partial charge in [-0.15, -0.1) is 0 Å². The van der Waals surface area contributed by atoms with Crippen LogP contribution in [-0.2, 0) is 4.79 Å². The number of hydrogen-bond donors (Lipinski definition) is 1. The lowest BCUT2D eigenvalue weighted by molar-refractivity contribution is -0.128. The van der Waals surface area contributed by atoms with Gasteiger partial charge in [-0.1, -0.05) is 13.8 Å². The lowest BCUT2D eigenvalue weighted by atomic mass is 10.0. The molecule has 0 aromatic rings. The first-order chi connectivity index (χ1) is 6.43. The molecule has 1 fully saturated rings. The molecule has 80 valence electrons. The molecule has 4 heteroatoms. The Hall–Kier alpha value is -1.06. The number of amides is 3. The molecule has 3 amide bonds. The second-order valence-corrected chi connectivity index (χ2v) is 4.43. The summed E-state index contributed by atoms with van der Waals surface area (Å²) < 4.78 is 0. The number of hydrogen-bond acceptors (Lipinski definition) is 2. The van der Waals surface area contributed by atoms with E-state index in [1.165, 1.54) is 4.90 Å². The Morgan fingerprint density at radius 3 is 2.21 bits per heavy atom. The van der Waals surface area contributed by atoms with Crippen LogP contribution in [0.15, 0.2) is 0 Å². The van der Waals surface area contributed by atoms with Crippen LogP contribution in [0.4, 0.5) is 4.79 Å². The van der Waals surface area contributed by atoms with Crippen molar-refractivity contribution in [3.63, 3.8) is 0 Å². The SMILES string of the molecule is CC(C)C[C@@H]1NC(=O)N(C(C)C)C1=O. The van der Waals surface area contributed by atoms with Gasteiger partial charge in [-0.2, -0.15) is 0 Å². The van der Waals surface area contributed by atoms with Crippen LogP contribution in [0, 0.1) is 5.92 Å².